The van der Waals surface area contributed by atoms with Crippen LogP contribution in [0.1, 0.15) is 49.7 Å². The summed E-state index contributed by atoms with van der Waals surface area (Å²) in [7, 11) is 0. The van der Waals surface area contributed by atoms with Crippen molar-refractivity contribution in [1.29, 1.82) is 0 Å². The minimum atomic E-state index is -0.939. The Labute approximate surface area is 102 Å². The van der Waals surface area contributed by atoms with Crippen molar-refractivity contribution >= 4 is 5.97 Å². The van der Waals surface area contributed by atoms with E-state index in [0.29, 0.717) is 24.3 Å². The topological polar surface area (TPSA) is 62.5 Å². The average Bonchev–Trinajstić information content (AvgIpc) is 2.76. The van der Waals surface area contributed by atoms with E-state index in [4.69, 9.17) is 9.52 Å². The molecule has 0 aromatic carbocycles. The second kappa shape index (κ2) is 6.45. The summed E-state index contributed by atoms with van der Waals surface area (Å²) in [5.74, 6) is 0.166. The molecule has 96 valence electrons. The Morgan fingerprint density at radius 2 is 2.12 bits per heavy atom. The molecule has 1 rings (SSSR count). The van der Waals surface area contributed by atoms with Crippen molar-refractivity contribution in [3.05, 3.63) is 23.7 Å². The Kier molecular flexibility index (Phi) is 5.22. The van der Waals surface area contributed by atoms with Crippen molar-refractivity contribution in [1.82, 2.24) is 5.32 Å². The number of carboxylic acids is 1. The molecular formula is C13H21NO3. The normalized spacial score (nSPS) is 12.9. The van der Waals surface area contributed by atoms with E-state index in [-0.39, 0.29) is 5.56 Å². The fourth-order valence-corrected chi connectivity index (χ4v) is 2.08. The van der Waals surface area contributed by atoms with Gasteiger partial charge in [-0.1, -0.05) is 26.7 Å². The van der Waals surface area contributed by atoms with Crippen LogP contribution in [0.4, 0.5) is 0 Å². The predicted octanol–water partition coefficient (Wildman–Crippen LogP) is 2.89. The summed E-state index contributed by atoms with van der Waals surface area (Å²) in [4.78, 5) is 10.9. The summed E-state index contributed by atoms with van der Waals surface area (Å²) < 4.78 is 5.18. The van der Waals surface area contributed by atoms with Gasteiger partial charge < -0.3 is 14.8 Å². The monoisotopic (exact) mass is 239 g/mol. The molecule has 1 unspecified atom stereocenters. The Morgan fingerprint density at radius 1 is 1.47 bits per heavy atom. The van der Waals surface area contributed by atoms with Gasteiger partial charge in [0.15, 0.2) is 0 Å². The van der Waals surface area contributed by atoms with Crippen LogP contribution in [0.2, 0.25) is 0 Å². The number of carboxylic acid groups (broad SMARTS) is 1. The van der Waals surface area contributed by atoms with Crippen molar-refractivity contribution in [2.75, 3.05) is 0 Å². The third kappa shape index (κ3) is 3.60. The molecule has 0 radical (unpaired) electrons. The molecule has 4 heteroatoms. The zero-order valence-electron chi connectivity index (χ0n) is 10.7. The summed E-state index contributed by atoms with van der Waals surface area (Å²) in [5, 5.41) is 12.3. The lowest BCUT2D eigenvalue weighted by Crippen LogP contribution is -2.32. The van der Waals surface area contributed by atoms with Crippen LogP contribution in [0.3, 0.4) is 0 Å². The third-order valence-corrected chi connectivity index (χ3v) is 3.32. The molecule has 1 atom stereocenters. The number of hydrogen-bond donors (Lipinski definition) is 2. The fraction of sp³-hybridized carbons (Fsp3) is 0.615. The Balaban J connectivity index is 2.55. The number of hydrogen-bond acceptors (Lipinski definition) is 3. The number of rotatable bonds is 7. The highest BCUT2D eigenvalue weighted by Gasteiger charge is 2.16. The maximum atomic E-state index is 10.9. The smallest absolute Gasteiger partial charge is 0.339 e. The molecule has 0 aliphatic rings. The summed E-state index contributed by atoms with van der Waals surface area (Å²) in [6, 6.07) is 1.85. The first-order valence-electron chi connectivity index (χ1n) is 6.13. The summed E-state index contributed by atoms with van der Waals surface area (Å²) in [5.41, 5.74) is 0.245. The molecule has 0 aliphatic heterocycles. The van der Waals surface area contributed by atoms with Crippen LogP contribution >= 0.6 is 0 Å². The first-order valence-corrected chi connectivity index (χ1v) is 6.13. The van der Waals surface area contributed by atoms with E-state index in [9.17, 15) is 4.79 Å². The largest absolute Gasteiger partial charge is 0.478 e. The van der Waals surface area contributed by atoms with Gasteiger partial charge in [-0.2, -0.15) is 0 Å². The average molecular weight is 239 g/mol. The lowest BCUT2D eigenvalue weighted by molar-refractivity contribution is 0.0694. The van der Waals surface area contributed by atoms with Gasteiger partial charge in [-0.3, -0.25) is 0 Å². The van der Waals surface area contributed by atoms with E-state index in [2.05, 4.69) is 26.1 Å². The molecule has 0 spiro atoms. The van der Waals surface area contributed by atoms with E-state index >= 15 is 0 Å². The molecule has 2 N–H and O–H groups in total. The van der Waals surface area contributed by atoms with Crippen LogP contribution in [0.25, 0.3) is 0 Å². The second-order valence-electron chi connectivity index (χ2n) is 4.31. The van der Waals surface area contributed by atoms with E-state index < -0.39 is 5.97 Å². The van der Waals surface area contributed by atoms with Gasteiger partial charge in [-0.15, -0.1) is 0 Å². The molecule has 1 aromatic rings. The van der Waals surface area contributed by atoms with Gasteiger partial charge >= 0.3 is 5.97 Å². The van der Waals surface area contributed by atoms with E-state index in [1.54, 1.807) is 0 Å². The van der Waals surface area contributed by atoms with Gasteiger partial charge in [0.05, 0.1) is 12.8 Å². The van der Waals surface area contributed by atoms with Gasteiger partial charge in [-0.05, 0) is 18.9 Å². The van der Waals surface area contributed by atoms with E-state index in [1.165, 1.54) is 12.3 Å². The maximum absolute atomic E-state index is 10.9. The highest BCUT2D eigenvalue weighted by atomic mass is 16.4. The minimum Gasteiger partial charge on any atom is -0.478 e. The molecule has 0 fully saturated rings. The molecule has 4 nitrogen and oxygen atoms in total. The Bertz CT molecular complexity index is 355. The van der Waals surface area contributed by atoms with Crippen LogP contribution in [-0.4, -0.2) is 17.1 Å². The second-order valence-corrected chi connectivity index (χ2v) is 4.31. The molecule has 1 aromatic heterocycles. The van der Waals surface area contributed by atoms with Crippen LogP contribution in [0, 0.1) is 5.92 Å². The molecule has 0 saturated carbocycles. The minimum absolute atomic E-state index is 0.245. The standard InChI is InChI=1S/C13H21NO3/c1-4-10(5-2)9(3)14-8-12-11(13(15)16)6-7-17-12/h6-7,9-10,14H,4-5,8H2,1-3H3,(H,15,16). The summed E-state index contributed by atoms with van der Waals surface area (Å²) in [6.07, 6.45) is 3.66. The maximum Gasteiger partial charge on any atom is 0.339 e. The molecule has 0 amide bonds. The fourth-order valence-electron chi connectivity index (χ4n) is 2.08. The Morgan fingerprint density at radius 3 is 2.65 bits per heavy atom. The number of carbonyl (C=O) groups is 1. The van der Waals surface area contributed by atoms with Crippen LogP contribution in [0.5, 0.6) is 0 Å². The third-order valence-electron chi connectivity index (χ3n) is 3.32. The lowest BCUT2D eigenvalue weighted by atomic mass is 9.95. The van der Waals surface area contributed by atoms with Gasteiger partial charge in [-0.25, -0.2) is 4.79 Å². The summed E-state index contributed by atoms with van der Waals surface area (Å²) in [6.45, 7) is 6.93. The SMILES string of the molecule is CCC(CC)C(C)NCc1occc1C(=O)O. The molecule has 0 saturated heterocycles. The predicted molar refractivity (Wildman–Crippen MR) is 66.0 cm³/mol. The zero-order valence-corrected chi connectivity index (χ0v) is 10.7. The molecular weight excluding hydrogens is 218 g/mol. The zero-order chi connectivity index (χ0) is 12.8. The highest BCUT2D eigenvalue weighted by Crippen LogP contribution is 2.15. The number of furan rings is 1. The van der Waals surface area contributed by atoms with Crippen molar-refractivity contribution < 1.29 is 14.3 Å². The van der Waals surface area contributed by atoms with Crippen molar-refractivity contribution in [3.8, 4) is 0 Å². The van der Waals surface area contributed by atoms with E-state index in [1.807, 2.05) is 0 Å². The lowest BCUT2D eigenvalue weighted by Gasteiger charge is -2.22. The van der Waals surface area contributed by atoms with Crippen LogP contribution in [-0.2, 0) is 6.54 Å². The van der Waals surface area contributed by atoms with Crippen molar-refractivity contribution in [3.63, 3.8) is 0 Å². The van der Waals surface area contributed by atoms with Gasteiger partial charge in [0.1, 0.15) is 11.3 Å². The summed E-state index contributed by atoms with van der Waals surface area (Å²) >= 11 is 0. The molecule has 1 heterocycles. The van der Waals surface area contributed by atoms with Gasteiger partial charge in [0.2, 0.25) is 0 Å². The molecule has 17 heavy (non-hydrogen) atoms. The first kappa shape index (κ1) is 13.8. The van der Waals surface area contributed by atoms with Crippen molar-refractivity contribution in [2.45, 2.75) is 46.2 Å². The Hall–Kier alpha value is -1.29. The van der Waals surface area contributed by atoms with Crippen molar-refractivity contribution in [2.24, 2.45) is 5.92 Å². The highest BCUT2D eigenvalue weighted by molar-refractivity contribution is 5.88. The molecule has 0 aliphatic carbocycles. The number of aromatic carboxylic acids is 1. The van der Waals surface area contributed by atoms with Gasteiger partial charge in [0.25, 0.3) is 0 Å². The number of nitrogens with one attached hydrogen (secondary N) is 1. The quantitative estimate of drug-likeness (QED) is 0.768. The molecule has 0 bridgehead atoms. The first-order chi connectivity index (χ1) is 8.10. The van der Waals surface area contributed by atoms with Gasteiger partial charge in [0, 0.05) is 6.04 Å². The van der Waals surface area contributed by atoms with Crippen LogP contribution in [0.15, 0.2) is 16.7 Å². The van der Waals surface area contributed by atoms with E-state index in [0.717, 1.165) is 12.8 Å². The van der Waals surface area contributed by atoms with Crippen LogP contribution < -0.4 is 5.32 Å².